The Labute approximate surface area is 122 Å². The smallest absolute Gasteiger partial charge is 0.125 e. The summed E-state index contributed by atoms with van der Waals surface area (Å²) in [6.07, 6.45) is 0. The predicted octanol–water partition coefficient (Wildman–Crippen LogP) is 4.21. The third-order valence-electron chi connectivity index (χ3n) is 3.54. The van der Waals surface area contributed by atoms with Crippen molar-refractivity contribution in [2.75, 3.05) is 0 Å². The highest BCUT2D eigenvalue weighted by atomic mass is 32.1. The Morgan fingerprint density at radius 3 is 2.65 bits per heavy atom. The van der Waals surface area contributed by atoms with Crippen molar-refractivity contribution in [3.8, 4) is 0 Å². The van der Waals surface area contributed by atoms with Gasteiger partial charge in [0.05, 0.1) is 17.1 Å². The lowest BCUT2D eigenvalue weighted by Gasteiger charge is -2.17. The molecule has 0 N–H and O–H groups in total. The van der Waals surface area contributed by atoms with E-state index in [0.717, 1.165) is 11.3 Å². The second kappa shape index (κ2) is 5.29. The monoisotopic (exact) mass is 286 g/mol. The average molecular weight is 286 g/mol. The van der Waals surface area contributed by atoms with Gasteiger partial charge in [-0.15, -0.1) is 0 Å². The van der Waals surface area contributed by atoms with E-state index in [0.29, 0.717) is 11.3 Å². The SMILES string of the molecule is CC(c1ccccc1)n1c(CS)nc2cc(F)ccc21. The van der Waals surface area contributed by atoms with Crippen molar-refractivity contribution in [3.63, 3.8) is 0 Å². The van der Waals surface area contributed by atoms with Gasteiger partial charge in [0.2, 0.25) is 0 Å². The summed E-state index contributed by atoms with van der Waals surface area (Å²) in [5.41, 5.74) is 2.81. The molecule has 0 aliphatic carbocycles. The van der Waals surface area contributed by atoms with Crippen LogP contribution in [0.25, 0.3) is 11.0 Å². The Morgan fingerprint density at radius 2 is 1.95 bits per heavy atom. The summed E-state index contributed by atoms with van der Waals surface area (Å²) < 4.78 is 15.5. The van der Waals surface area contributed by atoms with Crippen LogP contribution in [-0.4, -0.2) is 9.55 Å². The van der Waals surface area contributed by atoms with Crippen LogP contribution >= 0.6 is 12.6 Å². The summed E-state index contributed by atoms with van der Waals surface area (Å²) in [4.78, 5) is 4.49. The third-order valence-corrected chi connectivity index (χ3v) is 3.82. The first-order valence-corrected chi connectivity index (χ1v) is 7.16. The largest absolute Gasteiger partial charge is 0.320 e. The number of hydrogen-bond acceptors (Lipinski definition) is 2. The van der Waals surface area contributed by atoms with Gasteiger partial charge in [-0.05, 0) is 24.6 Å². The van der Waals surface area contributed by atoms with E-state index >= 15 is 0 Å². The van der Waals surface area contributed by atoms with Gasteiger partial charge in [-0.1, -0.05) is 30.3 Å². The lowest BCUT2D eigenvalue weighted by molar-refractivity contribution is 0.626. The Morgan fingerprint density at radius 1 is 1.20 bits per heavy atom. The van der Waals surface area contributed by atoms with Crippen LogP contribution < -0.4 is 0 Å². The van der Waals surface area contributed by atoms with Gasteiger partial charge in [0.15, 0.2) is 0 Å². The topological polar surface area (TPSA) is 17.8 Å². The summed E-state index contributed by atoms with van der Waals surface area (Å²) in [5.74, 6) is 1.11. The molecule has 1 aromatic heterocycles. The van der Waals surface area contributed by atoms with E-state index in [-0.39, 0.29) is 11.9 Å². The molecule has 1 atom stereocenters. The standard InChI is InChI=1S/C16H15FN2S/c1-11(12-5-3-2-4-6-12)19-15-8-7-13(17)9-14(15)18-16(19)10-20/h2-9,11,20H,10H2,1H3. The lowest BCUT2D eigenvalue weighted by Crippen LogP contribution is -2.09. The predicted molar refractivity (Wildman–Crippen MR) is 82.6 cm³/mol. The maximum Gasteiger partial charge on any atom is 0.125 e. The van der Waals surface area contributed by atoms with Crippen molar-refractivity contribution in [1.82, 2.24) is 9.55 Å². The number of aromatic nitrogens is 2. The quantitative estimate of drug-likeness (QED) is 0.714. The molecule has 3 rings (SSSR count). The number of thiol groups is 1. The van der Waals surface area contributed by atoms with Crippen LogP contribution in [0.2, 0.25) is 0 Å². The van der Waals surface area contributed by atoms with Crippen LogP contribution in [0.3, 0.4) is 0 Å². The molecule has 2 nitrogen and oxygen atoms in total. The van der Waals surface area contributed by atoms with E-state index in [2.05, 4.69) is 41.2 Å². The fourth-order valence-corrected chi connectivity index (χ4v) is 2.77. The van der Waals surface area contributed by atoms with E-state index in [1.54, 1.807) is 6.07 Å². The van der Waals surface area contributed by atoms with E-state index in [1.165, 1.54) is 17.7 Å². The number of nitrogens with zero attached hydrogens (tertiary/aromatic N) is 2. The molecule has 1 unspecified atom stereocenters. The molecule has 0 spiro atoms. The molecule has 0 saturated carbocycles. The highest BCUT2D eigenvalue weighted by Gasteiger charge is 2.16. The van der Waals surface area contributed by atoms with Crippen molar-refractivity contribution >= 4 is 23.7 Å². The van der Waals surface area contributed by atoms with Crippen molar-refractivity contribution in [2.24, 2.45) is 0 Å². The molecule has 0 radical (unpaired) electrons. The number of benzene rings is 2. The van der Waals surface area contributed by atoms with Crippen molar-refractivity contribution in [3.05, 3.63) is 65.7 Å². The molecular formula is C16H15FN2S. The van der Waals surface area contributed by atoms with Gasteiger partial charge in [-0.3, -0.25) is 0 Å². The van der Waals surface area contributed by atoms with Crippen LogP contribution in [0.1, 0.15) is 24.4 Å². The number of rotatable bonds is 3. The Balaban J connectivity index is 2.19. The molecule has 0 bridgehead atoms. The number of hydrogen-bond donors (Lipinski definition) is 1. The fraction of sp³-hybridized carbons (Fsp3) is 0.188. The molecule has 102 valence electrons. The molecule has 4 heteroatoms. The second-order valence-electron chi connectivity index (χ2n) is 4.78. The molecule has 0 fully saturated rings. The minimum Gasteiger partial charge on any atom is -0.320 e. The molecule has 0 amide bonds. The minimum absolute atomic E-state index is 0.133. The van der Waals surface area contributed by atoms with E-state index < -0.39 is 0 Å². The van der Waals surface area contributed by atoms with E-state index in [9.17, 15) is 4.39 Å². The van der Waals surface area contributed by atoms with Gasteiger partial charge in [-0.25, -0.2) is 9.37 Å². The van der Waals surface area contributed by atoms with Crippen LogP contribution in [0.4, 0.5) is 4.39 Å². The summed E-state index contributed by atoms with van der Waals surface area (Å²) in [7, 11) is 0. The normalized spacial score (nSPS) is 12.8. The number of fused-ring (bicyclic) bond motifs is 1. The highest BCUT2D eigenvalue weighted by molar-refractivity contribution is 7.79. The van der Waals surface area contributed by atoms with Crippen molar-refractivity contribution in [1.29, 1.82) is 0 Å². The van der Waals surface area contributed by atoms with Crippen LogP contribution in [0, 0.1) is 5.82 Å². The summed E-state index contributed by atoms with van der Waals surface area (Å²) in [6, 6.07) is 15.1. The molecule has 0 aliphatic rings. The molecule has 2 aromatic carbocycles. The molecule has 1 heterocycles. The fourth-order valence-electron chi connectivity index (χ4n) is 2.55. The van der Waals surface area contributed by atoms with Crippen molar-refractivity contribution < 1.29 is 4.39 Å². The molecular weight excluding hydrogens is 271 g/mol. The highest BCUT2D eigenvalue weighted by Crippen LogP contribution is 2.27. The molecule has 0 aliphatic heterocycles. The zero-order valence-electron chi connectivity index (χ0n) is 11.1. The van der Waals surface area contributed by atoms with Gasteiger partial charge < -0.3 is 4.57 Å². The minimum atomic E-state index is -0.264. The third kappa shape index (κ3) is 2.20. The first-order chi connectivity index (χ1) is 9.70. The number of imidazole rings is 1. The second-order valence-corrected chi connectivity index (χ2v) is 5.09. The van der Waals surface area contributed by atoms with E-state index in [4.69, 9.17) is 0 Å². The zero-order valence-corrected chi connectivity index (χ0v) is 12.0. The van der Waals surface area contributed by atoms with Gasteiger partial charge >= 0.3 is 0 Å². The zero-order chi connectivity index (χ0) is 14.1. The summed E-state index contributed by atoms with van der Waals surface area (Å²) in [6.45, 7) is 2.12. The van der Waals surface area contributed by atoms with Gasteiger partial charge in [0.1, 0.15) is 11.6 Å². The van der Waals surface area contributed by atoms with Gasteiger partial charge in [0.25, 0.3) is 0 Å². The molecule has 0 saturated heterocycles. The van der Waals surface area contributed by atoms with Crippen LogP contribution in [0.15, 0.2) is 48.5 Å². The Hall–Kier alpha value is -1.81. The van der Waals surface area contributed by atoms with Gasteiger partial charge in [-0.2, -0.15) is 12.6 Å². The average Bonchev–Trinajstić information content (AvgIpc) is 2.84. The Bertz CT molecular complexity index is 737. The summed E-state index contributed by atoms with van der Waals surface area (Å²) in [5, 5.41) is 0. The van der Waals surface area contributed by atoms with E-state index in [1.807, 2.05) is 18.2 Å². The first kappa shape index (κ1) is 13.2. The lowest BCUT2D eigenvalue weighted by atomic mass is 10.1. The van der Waals surface area contributed by atoms with Gasteiger partial charge in [0, 0.05) is 11.8 Å². The van der Waals surface area contributed by atoms with Crippen molar-refractivity contribution in [2.45, 2.75) is 18.7 Å². The maximum absolute atomic E-state index is 13.3. The maximum atomic E-state index is 13.3. The Kier molecular flexibility index (Phi) is 3.49. The van der Waals surface area contributed by atoms with Crippen LogP contribution in [-0.2, 0) is 5.75 Å². The number of halogens is 1. The summed E-state index contributed by atoms with van der Waals surface area (Å²) >= 11 is 4.35. The molecule has 3 aromatic rings. The molecule has 20 heavy (non-hydrogen) atoms. The van der Waals surface area contributed by atoms with Crippen LogP contribution in [0.5, 0.6) is 0 Å². The first-order valence-electron chi connectivity index (χ1n) is 6.53.